The summed E-state index contributed by atoms with van der Waals surface area (Å²) in [6, 6.07) is 9.62. The van der Waals surface area contributed by atoms with Crippen LogP contribution in [0.25, 0.3) is 0 Å². The highest BCUT2D eigenvalue weighted by Gasteiger charge is 2.50. The molecule has 3 heterocycles. The summed E-state index contributed by atoms with van der Waals surface area (Å²) in [5.41, 5.74) is 0.943. The van der Waals surface area contributed by atoms with Crippen LogP contribution in [-0.4, -0.2) is 53.4 Å². The van der Waals surface area contributed by atoms with Gasteiger partial charge in [0.15, 0.2) is 5.89 Å². The van der Waals surface area contributed by atoms with E-state index in [1.165, 1.54) is 0 Å². The molecule has 0 saturated carbocycles. The van der Waals surface area contributed by atoms with Gasteiger partial charge in [-0.3, -0.25) is 4.79 Å². The van der Waals surface area contributed by atoms with E-state index >= 15 is 0 Å². The van der Waals surface area contributed by atoms with Crippen molar-refractivity contribution in [2.24, 2.45) is 11.3 Å². The van der Waals surface area contributed by atoms with Crippen LogP contribution < -0.4 is 0 Å². The highest BCUT2D eigenvalue weighted by Crippen LogP contribution is 2.49. The first kappa shape index (κ1) is 18.2. The second kappa shape index (κ2) is 7.47. The number of carbonyl (C=O) groups excluding carboxylic acids is 1. The van der Waals surface area contributed by atoms with E-state index in [0.717, 1.165) is 57.0 Å². The Labute approximate surface area is 161 Å². The van der Waals surface area contributed by atoms with Crippen LogP contribution >= 0.6 is 0 Å². The lowest BCUT2D eigenvalue weighted by atomic mass is 9.70. The molecular formula is C22H29N3O2. The lowest BCUT2D eigenvalue weighted by Crippen LogP contribution is -2.46. The number of amides is 1. The predicted molar refractivity (Wildman–Crippen MR) is 105 cm³/mol. The van der Waals surface area contributed by atoms with Crippen molar-refractivity contribution in [2.75, 3.05) is 32.7 Å². The van der Waals surface area contributed by atoms with E-state index in [9.17, 15) is 4.79 Å². The number of piperidine rings is 1. The summed E-state index contributed by atoms with van der Waals surface area (Å²) in [6.07, 6.45) is 5.45. The smallest absolute Gasteiger partial charge is 0.253 e. The van der Waals surface area contributed by atoms with E-state index in [0.29, 0.717) is 11.8 Å². The Morgan fingerprint density at radius 3 is 2.63 bits per heavy atom. The molecule has 0 N–H and O–H groups in total. The van der Waals surface area contributed by atoms with E-state index in [1.54, 1.807) is 12.5 Å². The summed E-state index contributed by atoms with van der Waals surface area (Å²) in [7, 11) is 0. The highest BCUT2D eigenvalue weighted by molar-refractivity contribution is 5.94. The average Bonchev–Trinajstić information content (AvgIpc) is 3.30. The molecule has 2 aromatic rings. The van der Waals surface area contributed by atoms with Gasteiger partial charge in [0.05, 0.1) is 12.1 Å². The van der Waals surface area contributed by atoms with Crippen LogP contribution in [-0.2, 0) is 0 Å². The second-order valence-electron chi connectivity index (χ2n) is 8.53. The monoisotopic (exact) mass is 367 g/mol. The van der Waals surface area contributed by atoms with Gasteiger partial charge in [-0.15, -0.1) is 0 Å². The van der Waals surface area contributed by atoms with Crippen LogP contribution in [0, 0.1) is 11.3 Å². The Balaban J connectivity index is 1.49. The number of hydrogen-bond donors (Lipinski definition) is 0. The summed E-state index contributed by atoms with van der Waals surface area (Å²) in [5, 5.41) is 0. The van der Waals surface area contributed by atoms with E-state index < -0.39 is 0 Å². The molecule has 1 spiro atoms. The standard InChI is InChI=1S/C22H29N3O2/c1-17(2)14-24-15-19(20-23-10-13-27-20)22(16-24)8-11-25(12-9-22)21(26)18-6-4-3-5-7-18/h3-7,10,13,17,19H,8-9,11-12,14-16H2,1-2H3. The Morgan fingerprint density at radius 1 is 1.26 bits per heavy atom. The lowest BCUT2D eigenvalue weighted by molar-refractivity contribution is 0.0546. The molecule has 0 bridgehead atoms. The van der Waals surface area contributed by atoms with Crippen LogP contribution in [0.1, 0.15) is 48.9 Å². The fourth-order valence-electron chi connectivity index (χ4n) is 4.90. The third-order valence-electron chi connectivity index (χ3n) is 6.16. The van der Waals surface area contributed by atoms with E-state index in [-0.39, 0.29) is 11.3 Å². The van der Waals surface area contributed by atoms with Gasteiger partial charge in [-0.2, -0.15) is 0 Å². The zero-order chi connectivity index (χ0) is 18.9. The van der Waals surface area contributed by atoms with Gasteiger partial charge in [-0.1, -0.05) is 32.0 Å². The van der Waals surface area contributed by atoms with Crippen molar-refractivity contribution in [1.29, 1.82) is 0 Å². The van der Waals surface area contributed by atoms with Crippen molar-refractivity contribution in [3.63, 3.8) is 0 Å². The number of likely N-dealkylation sites (tertiary alicyclic amines) is 2. The molecule has 2 aliphatic rings. The maximum absolute atomic E-state index is 12.8. The van der Waals surface area contributed by atoms with Gasteiger partial charge >= 0.3 is 0 Å². The molecule has 27 heavy (non-hydrogen) atoms. The van der Waals surface area contributed by atoms with Gasteiger partial charge < -0.3 is 14.2 Å². The molecule has 1 unspecified atom stereocenters. The van der Waals surface area contributed by atoms with Gasteiger partial charge in [0.25, 0.3) is 5.91 Å². The number of oxazole rings is 1. The fraction of sp³-hybridized carbons (Fsp3) is 0.545. The van der Waals surface area contributed by atoms with Crippen molar-refractivity contribution >= 4 is 5.91 Å². The minimum Gasteiger partial charge on any atom is -0.449 e. The van der Waals surface area contributed by atoms with Crippen LogP contribution in [0.2, 0.25) is 0 Å². The van der Waals surface area contributed by atoms with Crippen LogP contribution in [0.3, 0.4) is 0 Å². The highest BCUT2D eigenvalue weighted by atomic mass is 16.3. The molecule has 2 saturated heterocycles. The molecule has 144 valence electrons. The van der Waals surface area contributed by atoms with Gasteiger partial charge in [0.2, 0.25) is 0 Å². The first-order valence-corrected chi connectivity index (χ1v) is 10.0. The molecule has 1 amide bonds. The number of benzene rings is 1. The van der Waals surface area contributed by atoms with Gasteiger partial charge in [-0.05, 0) is 36.3 Å². The minimum absolute atomic E-state index is 0.148. The average molecular weight is 367 g/mol. The Morgan fingerprint density at radius 2 is 2.00 bits per heavy atom. The normalized spacial score (nSPS) is 22.6. The van der Waals surface area contributed by atoms with Gasteiger partial charge in [-0.25, -0.2) is 4.98 Å². The summed E-state index contributed by atoms with van der Waals surface area (Å²) >= 11 is 0. The van der Waals surface area contributed by atoms with Crippen LogP contribution in [0.5, 0.6) is 0 Å². The molecule has 4 rings (SSSR count). The Hall–Kier alpha value is -2.14. The molecular weight excluding hydrogens is 338 g/mol. The fourth-order valence-corrected chi connectivity index (χ4v) is 4.90. The first-order valence-electron chi connectivity index (χ1n) is 10.0. The molecule has 2 fully saturated rings. The molecule has 5 heteroatoms. The Kier molecular flexibility index (Phi) is 5.04. The second-order valence-corrected chi connectivity index (χ2v) is 8.53. The quantitative estimate of drug-likeness (QED) is 0.828. The number of nitrogens with zero attached hydrogens (tertiary/aromatic N) is 3. The third-order valence-corrected chi connectivity index (χ3v) is 6.16. The number of carbonyl (C=O) groups is 1. The largest absolute Gasteiger partial charge is 0.449 e. The topological polar surface area (TPSA) is 49.6 Å². The lowest BCUT2D eigenvalue weighted by Gasteiger charge is -2.42. The van der Waals surface area contributed by atoms with Crippen molar-refractivity contribution < 1.29 is 9.21 Å². The number of rotatable bonds is 4. The van der Waals surface area contributed by atoms with Crippen LogP contribution in [0.4, 0.5) is 0 Å². The molecule has 1 atom stereocenters. The molecule has 0 radical (unpaired) electrons. The number of hydrogen-bond acceptors (Lipinski definition) is 4. The molecule has 2 aliphatic heterocycles. The third kappa shape index (κ3) is 3.65. The van der Waals surface area contributed by atoms with Crippen molar-refractivity contribution in [2.45, 2.75) is 32.6 Å². The summed E-state index contributed by atoms with van der Waals surface area (Å²) in [4.78, 5) is 21.9. The molecule has 5 nitrogen and oxygen atoms in total. The maximum atomic E-state index is 12.8. The zero-order valence-corrected chi connectivity index (χ0v) is 16.3. The number of aromatic nitrogens is 1. The summed E-state index contributed by atoms with van der Waals surface area (Å²) < 4.78 is 5.72. The van der Waals surface area contributed by atoms with Crippen molar-refractivity contribution in [3.05, 3.63) is 54.2 Å². The van der Waals surface area contributed by atoms with E-state index in [1.807, 2.05) is 35.2 Å². The first-order chi connectivity index (χ1) is 13.1. The van der Waals surface area contributed by atoms with Gasteiger partial charge in [0, 0.05) is 38.3 Å². The molecule has 0 aliphatic carbocycles. The molecule has 1 aromatic carbocycles. The van der Waals surface area contributed by atoms with E-state index in [2.05, 4.69) is 23.7 Å². The summed E-state index contributed by atoms with van der Waals surface area (Å²) in [5.74, 6) is 1.98. The van der Waals surface area contributed by atoms with Crippen molar-refractivity contribution in [1.82, 2.24) is 14.8 Å². The van der Waals surface area contributed by atoms with Crippen LogP contribution in [0.15, 0.2) is 47.2 Å². The summed E-state index contributed by atoms with van der Waals surface area (Å²) in [6.45, 7) is 9.34. The minimum atomic E-state index is 0.148. The Bertz CT molecular complexity index is 749. The van der Waals surface area contributed by atoms with E-state index in [4.69, 9.17) is 4.42 Å². The maximum Gasteiger partial charge on any atom is 0.253 e. The van der Waals surface area contributed by atoms with Gasteiger partial charge in [0.1, 0.15) is 6.26 Å². The van der Waals surface area contributed by atoms with Crippen molar-refractivity contribution in [3.8, 4) is 0 Å². The predicted octanol–water partition coefficient (Wildman–Crippen LogP) is 3.65. The SMILES string of the molecule is CC(C)CN1CC(c2ncco2)C2(CCN(C(=O)c3ccccc3)CC2)C1. The molecule has 1 aromatic heterocycles. The zero-order valence-electron chi connectivity index (χ0n) is 16.3.